The van der Waals surface area contributed by atoms with Gasteiger partial charge in [-0.1, -0.05) is 61.5 Å². The van der Waals surface area contributed by atoms with Crippen LogP contribution in [0.4, 0.5) is 0 Å². The highest BCUT2D eigenvalue weighted by atomic mass is 16.2. The van der Waals surface area contributed by atoms with Crippen molar-refractivity contribution in [1.82, 2.24) is 4.90 Å². The Hall–Kier alpha value is -2.13. The van der Waals surface area contributed by atoms with Gasteiger partial charge in [0.25, 0.3) is 0 Å². The molecule has 21 heavy (non-hydrogen) atoms. The fraction of sp³-hybridized carbons (Fsp3) is 0.278. The number of benzene rings is 2. The highest BCUT2D eigenvalue weighted by Crippen LogP contribution is 2.35. The summed E-state index contributed by atoms with van der Waals surface area (Å²) in [5.41, 5.74) is 9.57. The third-order valence-electron chi connectivity index (χ3n) is 4.17. The first-order chi connectivity index (χ1) is 10.2. The number of rotatable bonds is 4. The van der Waals surface area contributed by atoms with E-state index in [2.05, 4.69) is 31.2 Å². The average Bonchev–Trinajstić information content (AvgIpc) is 2.55. The summed E-state index contributed by atoms with van der Waals surface area (Å²) in [5.74, 6) is 0.0309. The van der Waals surface area contributed by atoms with Gasteiger partial charge in [0.2, 0.25) is 5.91 Å². The molecule has 2 N–H and O–H groups in total. The number of hydrogen-bond acceptors (Lipinski definition) is 2. The summed E-state index contributed by atoms with van der Waals surface area (Å²) < 4.78 is 0. The van der Waals surface area contributed by atoms with Crippen molar-refractivity contribution in [3.05, 3.63) is 71.3 Å². The molecule has 1 aliphatic rings. The fourth-order valence-corrected chi connectivity index (χ4v) is 2.87. The largest absolute Gasteiger partial charge is 0.328 e. The zero-order valence-corrected chi connectivity index (χ0v) is 12.2. The second kappa shape index (κ2) is 5.70. The lowest BCUT2D eigenvalue weighted by Gasteiger charge is -2.45. The maximum atomic E-state index is 12.1. The topological polar surface area (TPSA) is 46.3 Å². The number of β-lactam (4-membered cyclic amide) rings is 1. The first kappa shape index (κ1) is 13.8. The molecule has 0 spiro atoms. The number of carbonyl (C=O) groups is 1. The van der Waals surface area contributed by atoms with Crippen LogP contribution in [0.1, 0.15) is 29.7 Å². The minimum atomic E-state index is -0.416. The average molecular weight is 280 g/mol. The molecule has 1 fully saturated rings. The molecule has 1 amide bonds. The zero-order valence-electron chi connectivity index (χ0n) is 12.2. The first-order valence-corrected chi connectivity index (χ1v) is 7.39. The first-order valence-electron chi connectivity index (χ1n) is 7.39. The number of carbonyl (C=O) groups excluding carboxylic acids is 1. The van der Waals surface area contributed by atoms with E-state index < -0.39 is 6.04 Å². The van der Waals surface area contributed by atoms with Gasteiger partial charge in [-0.15, -0.1) is 0 Å². The van der Waals surface area contributed by atoms with Crippen molar-refractivity contribution in [2.45, 2.75) is 32.0 Å². The van der Waals surface area contributed by atoms with Gasteiger partial charge < -0.3 is 10.6 Å². The molecule has 1 heterocycles. The lowest BCUT2D eigenvalue weighted by atomic mass is 9.88. The molecule has 1 aliphatic heterocycles. The maximum Gasteiger partial charge on any atom is 0.242 e. The van der Waals surface area contributed by atoms with Gasteiger partial charge in [0.1, 0.15) is 6.04 Å². The number of hydrogen-bond donors (Lipinski definition) is 1. The van der Waals surface area contributed by atoms with Gasteiger partial charge in [-0.2, -0.15) is 0 Å². The van der Waals surface area contributed by atoms with Crippen molar-refractivity contribution in [3.8, 4) is 0 Å². The van der Waals surface area contributed by atoms with E-state index in [-0.39, 0.29) is 11.9 Å². The van der Waals surface area contributed by atoms with E-state index >= 15 is 0 Å². The van der Waals surface area contributed by atoms with Crippen LogP contribution in [0.25, 0.3) is 0 Å². The van der Waals surface area contributed by atoms with Crippen molar-refractivity contribution in [3.63, 3.8) is 0 Å². The van der Waals surface area contributed by atoms with Gasteiger partial charge in [-0.25, -0.2) is 0 Å². The summed E-state index contributed by atoms with van der Waals surface area (Å²) in [6, 6.07) is 18.0. The van der Waals surface area contributed by atoms with Gasteiger partial charge in [0, 0.05) is 6.54 Å². The highest BCUT2D eigenvalue weighted by molar-refractivity contribution is 5.89. The molecule has 2 aromatic rings. The molecule has 0 bridgehead atoms. The minimum absolute atomic E-state index is 0.0105. The second-order valence-corrected chi connectivity index (χ2v) is 5.52. The predicted molar refractivity (Wildman–Crippen MR) is 83.5 cm³/mol. The molecule has 3 rings (SSSR count). The normalized spacial score (nSPS) is 21.2. The zero-order chi connectivity index (χ0) is 14.8. The Balaban J connectivity index is 1.80. The van der Waals surface area contributed by atoms with Crippen LogP contribution in [0, 0.1) is 0 Å². The molecule has 2 aromatic carbocycles. The minimum Gasteiger partial charge on any atom is -0.328 e. The molecule has 3 heteroatoms. The molecule has 108 valence electrons. The van der Waals surface area contributed by atoms with Gasteiger partial charge >= 0.3 is 0 Å². The van der Waals surface area contributed by atoms with E-state index in [9.17, 15) is 4.79 Å². The third kappa shape index (κ3) is 2.57. The van der Waals surface area contributed by atoms with Crippen molar-refractivity contribution >= 4 is 5.91 Å². The monoisotopic (exact) mass is 280 g/mol. The molecule has 0 radical (unpaired) electrons. The summed E-state index contributed by atoms with van der Waals surface area (Å²) in [7, 11) is 0. The van der Waals surface area contributed by atoms with Crippen LogP contribution in [0.2, 0.25) is 0 Å². The summed E-state index contributed by atoms with van der Waals surface area (Å²) >= 11 is 0. The molecule has 3 nitrogen and oxygen atoms in total. The summed E-state index contributed by atoms with van der Waals surface area (Å²) in [6.07, 6.45) is 1.02. The van der Waals surface area contributed by atoms with Crippen LogP contribution in [0.5, 0.6) is 0 Å². The van der Waals surface area contributed by atoms with Gasteiger partial charge in [-0.3, -0.25) is 4.79 Å². The van der Waals surface area contributed by atoms with E-state index in [0.717, 1.165) is 17.5 Å². The van der Waals surface area contributed by atoms with Crippen LogP contribution in [-0.2, 0) is 17.8 Å². The van der Waals surface area contributed by atoms with Crippen LogP contribution in [0.3, 0.4) is 0 Å². The summed E-state index contributed by atoms with van der Waals surface area (Å²) in [4.78, 5) is 13.9. The Kier molecular flexibility index (Phi) is 3.76. The lowest BCUT2D eigenvalue weighted by molar-refractivity contribution is -0.150. The quantitative estimate of drug-likeness (QED) is 0.875. The van der Waals surface area contributed by atoms with Crippen LogP contribution < -0.4 is 5.73 Å². The molecule has 0 aromatic heterocycles. The van der Waals surface area contributed by atoms with Crippen molar-refractivity contribution in [1.29, 1.82) is 0 Å². The van der Waals surface area contributed by atoms with E-state index in [4.69, 9.17) is 5.73 Å². The molecular weight excluding hydrogens is 260 g/mol. The Bertz CT molecular complexity index is 621. The Morgan fingerprint density at radius 2 is 1.67 bits per heavy atom. The van der Waals surface area contributed by atoms with E-state index in [0.29, 0.717) is 6.54 Å². The van der Waals surface area contributed by atoms with Crippen LogP contribution >= 0.6 is 0 Å². The maximum absolute atomic E-state index is 12.1. The number of nitrogens with two attached hydrogens (primary N) is 1. The fourth-order valence-electron chi connectivity index (χ4n) is 2.87. The molecule has 0 aliphatic carbocycles. The lowest BCUT2D eigenvalue weighted by Crippen LogP contribution is -2.62. The predicted octanol–water partition coefficient (Wildman–Crippen LogP) is 2.66. The molecular formula is C18H20N2O. The number of amides is 1. The Morgan fingerprint density at radius 3 is 2.29 bits per heavy atom. The van der Waals surface area contributed by atoms with Gasteiger partial charge in [0.15, 0.2) is 0 Å². The number of likely N-dealkylation sites (tertiary alicyclic amines) is 1. The highest BCUT2D eigenvalue weighted by Gasteiger charge is 2.45. The molecule has 0 unspecified atom stereocenters. The SMILES string of the molecule is CCc1ccc([C@@H]2[C@H](N)C(=O)N2Cc2ccccc2)cc1. The third-order valence-corrected chi connectivity index (χ3v) is 4.17. The van der Waals surface area contributed by atoms with Gasteiger partial charge in [0.05, 0.1) is 6.04 Å². The van der Waals surface area contributed by atoms with Crippen molar-refractivity contribution in [2.24, 2.45) is 5.73 Å². The summed E-state index contributed by atoms with van der Waals surface area (Å²) in [5, 5.41) is 0. The van der Waals surface area contributed by atoms with Crippen LogP contribution in [0.15, 0.2) is 54.6 Å². The van der Waals surface area contributed by atoms with Crippen molar-refractivity contribution < 1.29 is 4.79 Å². The van der Waals surface area contributed by atoms with E-state index in [1.54, 1.807) is 0 Å². The molecule has 1 saturated heterocycles. The molecule has 2 atom stereocenters. The number of aryl methyl sites for hydroxylation is 1. The Labute approximate surface area is 125 Å². The van der Waals surface area contributed by atoms with E-state index in [1.807, 2.05) is 35.2 Å². The van der Waals surface area contributed by atoms with Crippen LogP contribution in [-0.4, -0.2) is 16.8 Å². The smallest absolute Gasteiger partial charge is 0.242 e. The second-order valence-electron chi connectivity index (χ2n) is 5.52. The van der Waals surface area contributed by atoms with E-state index in [1.165, 1.54) is 5.56 Å². The molecule has 0 saturated carbocycles. The standard InChI is InChI=1S/C18H20N2O/c1-2-13-8-10-15(11-9-13)17-16(19)18(21)20(17)12-14-6-4-3-5-7-14/h3-11,16-17H,2,12,19H2,1H3/t16-,17+/m0/s1. The number of nitrogens with zero attached hydrogens (tertiary/aromatic N) is 1. The van der Waals surface area contributed by atoms with Gasteiger partial charge in [-0.05, 0) is 23.1 Å². The van der Waals surface area contributed by atoms with Crippen molar-refractivity contribution in [2.75, 3.05) is 0 Å². The Morgan fingerprint density at radius 1 is 1.00 bits per heavy atom. The summed E-state index contributed by atoms with van der Waals surface area (Å²) in [6.45, 7) is 2.75.